The van der Waals surface area contributed by atoms with Crippen molar-refractivity contribution in [1.82, 2.24) is 20.0 Å². The molecule has 2 aromatic carbocycles. The van der Waals surface area contributed by atoms with E-state index in [2.05, 4.69) is 31.2 Å². The largest absolute Gasteiger partial charge is 0.365 e. The van der Waals surface area contributed by atoms with Crippen molar-refractivity contribution in [2.75, 3.05) is 4.90 Å². The minimum absolute atomic E-state index is 0.258. The minimum atomic E-state index is -0.603. The van der Waals surface area contributed by atoms with Crippen LogP contribution < -0.4 is 10.6 Å². The predicted molar refractivity (Wildman–Crippen MR) is 118 cm³/mol. The first kappa shape index (κ1) is 20.7. The molecule has 2 aromatic heterocycles. The standard InChI is InChI=1S/C22H18BrFN6O/c23-16-5-3-15(4-6-16)12-29-13-18(27-28-29)14-30(19-9-7-17(24)8-10-19)22-20(21(25)31)2-1-11-26-22/h1-11,13H,12,14H2,(H2,25,31). The quantitative estimate of drug-likeness (QED) is 0.430. The lowest BCUT2D eigenvalue weighted by Gasteiger charge is -2.24. The molecule has 0 bridgehead atoms. The maximum Gasteiger partial charge on any atom is 0.252 e. The van der Waals surface area contributed by atoms with Crippen LogP contribution in [0, 0.1) is 5.82 Å². The van der Waals surface area contributed by atoms with E-state index in [0.29, 0.717) is 23.7 Å². The van der Waals surface area contributed by atoms with E-state index in [9.17, 15) is 9.18 Å². The molecule has 7 nitrogen and oxygen atoms in total. The van der Waals surface area contributed by atoms with Gasteiger partial charge in [-0.1, -0.05) is 33.3 Å². The predicted octanol–water partition coefficient (Wildman–Crippen LogP) is 4.06. The number of nitrogens with zero attached hydrogens (tertiary/aromatic N) is 5. The lowest BCUT2D eigenvalue weighted by Crippen LogP contribution is -2.23. The summed E-state index contributed by atoms with van der Waals surface area (Å²) in [6.45, 7) is 0.830. The van der Waals surface area contributed by atoms with Gasteiger partial charge in [-0.05, 0) is 54.1 Å². The molecule has 0 radical (unpaired) electrons. The van der Waals surface area contributed by atoms with Gasteiger partial charge < -0.3 is 10.6 Å². The number of hydrogen-bond donors (Lipinski definition) is 1. The molecule has 0 atom stereocenters. The van der Waals surface area contributed by atoms with E-state index < -0.39 is 5.91 Å². The average Bonchev–Trinajstić information content (AvgIpc) is 3.21. The Labute approximate surface area is 186 Å². The molecular weight excluding hydrogens is 463 g/mol. The Hall–Kier alpha value is -3.59. The van der Waals surface area contributed by atoms with E-state index in [1.54, 1.807) is 40.0 Å². The number of carbonyl (C=O) groups is 1. The Balaban J connectivity index is 1.64. The topological polar surface area (TPSA) is 89.9 Å². The third-order valence-corrected chi connectivity index (χ3v) is 5.14. The molecule has 0 spiro atoms. The second-order valence-corrected chi connectivity index (χ2v) is 7.75. The zero-order valence-electron chi connectivity index (χ0n) is 16.3. The Morgan fingerprint density at radius 3 is 2.55 bits per heavy atom. The van der Waals surface area contributed by atoms with E-state index in [4.69, 9.17) is 5.73 Å². The second-order valence-electron chi connectivity index (χ2n) is 6.84. The number of primary amides is 1. The van der Waals surface area contributed by atoms with Gasteiger partial charge in [0.25, 0.3) is 5.91 Å². The van der Waals surface area contributed by atoms with Crippen molar-refractivity contribution in [3.05, 3.63) is 100 Å². The van der Waals surface area contributed by atoms with Crippen molar-refractivity contribution in [2.45, 2.75) is 13.1 Å². The lowest BCUT2D eigenvalue weighted by atomic mass is 10.2. The van der Waals surface area contributed by atoms with Crippen LogP contribution in [0.15, 0.2) is 77.5 Å². The number of rotatable bonds is 7. The second kappa shape index (κ2) is 9.05. The summed E-state index contributed by atoms with van der Waals surface area (Å²) in [5.41, 5.74) is 8.18. The average molecular weight is 481 g/mol. The molecule has 0 saturated heterocycles. The van der Waals surface area contributed by atoms with Crippen molar-refractivity contribution in [1.29, 1.82) is 0 Å². The molecule has 9 heteroatoms. The van der Waals surface area contributed by atoms with Gasteiger partial charge in [0.05, 0.1) is 24.8 Å². The fourth-order valence-corrected chi connectivity index (χ4v) is 3.41. The third-order valence-electron chi connectivity index (χ3n) is 4.61. The molecule has 31 heavy (non-hydrogen) atoms. The van der Waals surface area contributed by atoms with Gasteiger partial charge in [0.2, 0.25) is 0 Å². The number of nitrogens with two attached hydrogens (primary N) is 1. The number of aromatic nitrogens is 4. The number of halogens is 2. The molecule has 1 amide bonds. The van der Waals surface area contributed by atoms with Gasteiger partial charge in [-0.25, -0.2) is 14.1 Å². The molecule has 4 aromatic rings. The lowest BCUT2D eigenvalue weighted by molar-refractivity contribution is 0.100. The van der Waals surface area contributed by atoms with Gasteiger partial charge in [0, 0.05) is 16.4 Å². The number of hydrogen-bond acceptors (Lipinski definition) is 5. The molecule has 156 valence electrons. The van der Waals surface area contributed by atoms with Crippen LogP contribution in [0.25, 0.3) is 0 Å². The highest BCUT2D eigenvalue weighted by atomic mass is 79.9. The zero-order chi connectivity index (χ0) is 21.8. The fraction of sp³-hybridized carbons (Fsp3) is 0.0909. The summed E-state index contributed by atoms with van der Waals surface area (Å²) >= 11 is 3.42. The van der Waals surface area contributed by atoms with Gasteiger partial charge in [0.1, 0.15) is 17.3 Å². The molecule has 0 aliphatic rings. The number of carbonyl (C=O) groups excluding carboxylic acids is 1. The summed E-state index contributed by atoms with van der Waals surface area (Å²) in [4.78, 5) is 18.1. The molecular formula is C22H18BrFN6O. The van der Waals surface area contributed by atoms with Gasteiger partial charge >= 0.3 is 0 Å². The molecule has 0 saturated carbocycles. The van der Waals surface area contributed by atoms with Crippen LogP contribution in [0.2, 0.25) is 0 Å². The van der Waals surface area contributed by atoms with Crippen LogP contribution in [-0.2, 0) is 13.1 Å². The molecule has 0 unspecified atom stereocenters. The molecule has 0 fully saturated rings. The Bertz CT molecular complexity index is 1190. The number of pyridine rings is 1. The molecule has 0 aliphatic heterocycles. The van der Waals surface area contributed by atoms with E-state index in [1.165, 1.54) is 12.1 Å². The molecule has 0 aliphatic carbocycles. The van der Waals surface area contributed by atoms with Crippen LogP contribution in [-0.4, -0.2) is 25.9 Å². The van der Waals surface area contributed by atoms with E-state index in [-0.39, 0.29) is 17.9 Å². The first-order valence-electron chi connectivity index (χ1n) is 9.41. The minimum Gasteiger partial charge on any atom is -0.365 e. The highest BCUT2D eigenvalue weighted by Gasteiger charge is 2.19. The van der Waals surface area contributed by atoms with Gasteiger partial charge in [-0.3, -0.25) is 4.79 Å². The Morgan fingerprint density at radius 1 is 1.10 bits per heavy atom. The third kappa shape index (κ3) is 4.95. The van der Waals surface area contributed by atoms with Crippen molar-refractivity contribution in [3.63, 3.8) is 0 Å². The SMILES string of the molecule is NC(=O)c1cccnc1N(Cc1cn(Cc2ccc(Br)cc2)nn1)c1ccc(F)cc1. The summed E-state index contributed by atoms with van der Waals surface area (Å²) in [5.74, 6) is -0.599. The van der Waals surface area contributed by atoms with Gasteiger partial charge in [-0.2, -0.15) is 0 Å². The van der Waals surface area contributed by atoms with Crippen LogP contribution in [0.5, 0.6) is 0 Å². The highest BCUT2D eigenvalue weighted by Crippen LogP contribution is 2.28. The zero-order valence-corrected chi connectivity index (χ0v) is 17.9. The molecule has 4 rings (SSSR count). The van der Waals surface area contributed by atoms with Crippen LogP contribution in [0.4, 0.5) is 15.9 Å². The Morgan fingerprint density at radius 2 is 1.84 bits per heavy atom. The number of amides is 1. The van der Waals surface area contributed by atoms with Crippen LogP contribution in [0.3, 0.4) is 0 Å². The monoisotopic (exact) mass is 480 g/mol. The normalized spacial score (nSPS) is 10.8. The molecule has 2 N–H and O–H groups in total. The van der Waals surface area contributed by atoms with Crippen molar-refractivity contribution in [3.8, 4) is 0 Å². The van der Waals surface area contributed by atoms with Gasteiger partial charge in [-0.15, -0.1) is 5.10 Å². The smallest absolute Gasteiger partial charge is 0.252 e. The summed E-state index contributed by atoms with van der Waals surface area (Å²) in [5, 5.41) is 8.46. The maximum atomic E-state index is 13.5. The summed E-state index contributed by atoms with van der Waals surface area (Å²) in [6, 6.07) is 17.1. The fourth-order valence-electron chi connectivity index (χ4n) is 3.14. The van der Waals surface area contributed by atoms with E-state index in [1.807, 2.05) is 30.5 Å². The van der Waals surface area contributed by atoms with Crippen molar-refractivity contribution >= 4 is 33.3 Å². The summed E-state index contributed by atoms with van der Waals surface area (Å²) in [6.07, 6.45) is 3.40. The first-order valence-corrected chi connectivity index (χ1v) is 10.2. The molecule has 2 heterocycles. The number of anilines is 2. The highest BCUT2D eigenvalue weighted by molar-refractivity contribution is 9.10. The van der Waals surface area contributed by atoms with Gasteiger partial charge in [0.15, 0.2) is 0 Å². The summed E-state index contributed by atoms with van der Waals surface area (Å²) in [7, 11) is 0. The first-order chi connectivity index (χ1) is 15.0. The van der Waals surface area contributed by atoms with Crippen molar-refractivity contribution in [2.24, 2.45) is 5.73 Å². The summed E-state index contributed by atoms with van der Waals surface area (Å²) < 4.78 is 16.2. The Kier molecular flexibility index (Phi) is 6.03. The van der Waals surface area contributed by atoms with Crippen LogP contribution >= 0.6 is 15.9 Å². The van der Waals surface area contributed by atoms with Crippen molar-refractivity contribution < 1.29 is 9.18 Å². The maximum absolute atomic E-state index is 13.5. The number of benzene rings is 2. The van der Waals surface area contributed by atoms with E-state index in [0.717, 1.165) is 10.0 Å². The van der Waals surface area contributed by atoms with E-state index >= 15 is 0 Å². The van der Waals surface area contributed by atoms with Crippen LogP contribution in [0.1, 0.15) is 21.6 Å².